The Balaban J connectivity index is 1.53. The molecule has 4 heteroatoms. The highest BCUT2D eigenvalue weighted by Gasteiger charge is 2.12. The molecule has 0 atom stereocenters. The molecule has 0 unspecified atom stereocenters. The van der Waals surface area contributed by atoms with Gasteiger partial charge in [0.25, 0.3) is 6.33 Å². The number of aromatic nitrogens is 2. The van der Waals surface area contributed by atoms with Crippen LogP contribution in [0.5, 0.6) is 0 Å². The van der Waals surface area contributed by atoms with Crippen molar-refractivity contribution in [3.05, 3.63) is 95.9 Å². The molecule has 4 rings (SSSR count). The first-order valence-electron chi connectivity index (χ1n) is 8.32. The van der Waals surface area contributed by atoms with E-state index in [1.165, 1.54) is 0 Å². The van der Waals surface area contributed by atoms with Crippen LogP contribution in [0.2, 0.25) is 5.02 Å². The minimum atomic E-state index is 0.0538. The van der Waals surface area contributed by atoms with Gasteiger partial charge in [0.05, 0.1) is 6.20 Å². The molecule has 0 bridgehead atoms. The van der Waals surface area contributed by atoms with E-state index >= 15 is 0 Å². The Kier molecular flexibility index (Phi) is 4.46. The summed E-state index contributed by atoms with van der Waals surface area (Å²) in [7, 11) is 0. The third-order valence-electron chi connectivity index (χ3n) is 4.29. The van der Waals surface area contributed by atoms with Crippen molar-refractivity contribution in [3.63, 3.8) is 0 Å². The summed E-state index contributed by atoms with van der Waals surface area (Å²) >= 11 is 6.03. The van der Waals surface area contributed by atoms with Crippen LogP contribution in [0.4, 0.5) is 0 Å². The Bertz CT molecular complexity index is 1090. The second-order valence-corrected chi connectivity index (χ2v) is 6.55. The highest BCUT2D eigenvalue weighted by atomic mass is 35.5. The van der Waals surface area contributed by atoms with E-state index in [4.69, 9.17) is 11.6 Å². The Hall–Kier alpha value is -3.04. The molecule has 0 N–H and O–H groups in total. The van der Waals surface area contributed by atoms with E-state index in [1.807, 2.05) is 79.0 Å². The molecule has 0 radical (unpaired) electrons. The number of Topliss-reactive ketones (excluding diaryl/α,β-unsaturated/α-hetero) is 1. The van der Waals surface area contributed by atoms with Gasteiger partial charge in [-0.1, -0.05) is 60.1 Å². The van der Waals surface area contributed by atoms with Crippen LogP contribution in [-0.2, 0) is 6.54 Å². The van der Waals surface area contributed by atoms with Gasteiger partial charge in [0.2, 0.25) is 5.78 Å². The van der Waals surface area contributed by atoms with E-state index in [0.717, 1.165) is 22.0 Å². The van der Waals surface area contributed by atoms with E-state index in [0.29, 0.717) is 10.6 Å². The fourth-order valence-electron chi connectivity index (χ4n) is 2.92. The van der Waals surface area contributed by atoms with Gasteiger partial charge in [0, 0.05) is 22.2 Å². The lowest BCUT2D eigenvalue weighted by atomic mass is 10.0. The fraction of sp³-hybridized carbons (Fsp3) is 0.0455. The van der Waals surface area contributed by atoms with Gasteiger partial charge in [-0.15, -0.1) is 0 Å². The highest BCUT2D eigenvalue weighted by Crippen LogP contribution is 2.20. The van der Waals surface area contributed by atoms with Crippen LogP contribution in [0.3, 0.4) is 0 Å². The number of ketones is 1. The zero-order chi connectivity index (χ0) is 17.9. The molecule has 26 heavy (non-hydrogen) atoms. The molecule has 0 saturated heterocycles. The second-order valence-electron chi connectivity index (χ2n) is 6.11. The topological polar surface area (TPSA) is 33.8 Å². The summed E-state index contributed by atoms with van der Waals surface area (Å²) in [5.41, 5.74) is 2.47. The average Bonchev–Trinajstić information content (AvgIpc) is 2.68. The molecular weight excluding hydrogens is 344 g/mol. The maximum absolute atomic E-state index is 12.6. The number of hydrogen-bond donors (Lipinski definition) is 0. The van der Waals surface area contributed by atoms with Crippen LogP contribution in [0.15, 0.2) is 85.3 Å². The molecule has 0 spiro atoms. The summed E-state index contributed by atoms with van der Waals surface area (Å²) in [6, 6.07) is 23.2. The summed E-state index contributed by atoms with van der Waals surface area (Å²) in [5, 5.41) is 2.87. The Morgan fingerprint density at radius 1 is 0.923 bits per heavy atom. The van der Waals surface area contributed by atoms with Gasteiger partial charge in [-0.25, -0.2) is 4.57 Å². The Morgan fingerprint density at radius 2 is 1.77 bits per heavy atom. The van der Waals surface area contributed by atoms with Gasteiger partial charge >= 0.3 is 0 Å². The van der Waals surface area contributed by atoms with Crippen LogP contribution >= 0.6 is 11.6 Å². The molecule has 0 amide bonds. The largest absolute Gasteiger partial charge is 0.290 e. The van der Waals surface area contributed by atoms with E-state index in [9.17, 15) is 4.79 Å². The predicted octanol–water partition coefficient (Wildman–Crippen LogP) is 4.73. The number of benzene rings is 3. The molecule has 0 aliphatic carbocycles. The number of rotatable bonds is 4. The zero-order valence-corrected chi connectivity index (χ0v) is 14.7. The van der Waals surface area contributed by atoms with Gasteiger partial charge in [0.1, 0.15) is 0 Å². The number of carbonyl (C=O) groups is 1. The second kappa shape index (κ2) is 7.06. The molecule has 0 aliphatic rings. The first-order valence-corrected chi connectivity index (χ1v) is 8.70. The summed E-state index contributed by atoms with van der Waals surface area (Å²) in [5.74, 6) is 0.0538. The Morgan fingerprint density at radius 3 is 2.54 bits per heavy atom. The number of nitrogens with zero attached hydrogens (tertiary/aromatic N) is 2. The number of hydrogen-bond acceptors (Lipinski definition) is 2. The molecule has 1 heterocycles. The van der Waals surface area contributed by atoms with Crippen LogP contribution in [0.1, 0.15) is 10.4 Å². The monoisotopic (exact) mass is 359 g/mol. The molecule has 0 fully saturated rings. The minimum absolute atomic E-state index is 0.0538. The van der Waals surface area contributed by atoms with Crippen molar-refractivity contribution in [1.82, 2.24) is 4.98 Å². The Labute approximate surface area is 156 Å². The molecule has 126 valence electrons. The molecule has 3 nitrogen and oxygen atoms in total. The quantitative estimate of drug-likeness (QED) is 0.390. The number of carbonyl (C=O) groups excluding carboxylic acids is 1. The van der Waals surface area contributed by atoms with Crippen molar-refractivity contribution in [2.24, 2.45) is 0 Å². The maximum Gasteiger partial charge on any atom is 0.287 e. The van der Waals surface area contributed by atoms with Crippen molar-refractivity contribution in [2.45, 2.75) is 6.54 Å². The number of halogens is 1. The van der Waals surface area contributed by atoms with Crippen molar-refractivity contribution >= 4 is 28.2 Å². The van der Waals surface area contributed by atoms with Crippen LogP contribution in [0.25, 0.3) is 22.0 Å². The maximum atomic E-state index is 12.6. The van der Waals surface area contributed by atoms with E-state index in [1.54, 1.807) is 10.9 Å². The lowest BCUT2D eigenvalue weighted by Crippen LogP contribution is -2.37. The van der Waals surface area contributed by atoms with E-state index in [2.05, 4.69) is 4.98 Å². The van der Waals surface area contributed by atoms with Crippen LogP contribution in [0, 0.1) is 0 Å². The van der Waals surface area contributed by atoms with Crippen molar-refractivity contribution < 1.29 is 9.36 Å². The molecule has 4 aromatic rings. The third kappa shape index (κ3) is 3.48. The van der Waals surface area contributed by atoms with Gasteiger partial charge in [-0.2, -0.15) is 0 Å². The molecule has 0 aliphatic heterocycles. The molecule has 3 aromatic carbocycles. The smallest absolute Gasteiger partial charge is 0.287 e. The van der Waals surface area contributed by atoms with Crippen molar-refractivity contribution in [3.8, 4) is 11.3 Å². The predicted molar refractivity (Wildman–Crippen MR) is 103 cm³/mol. The summed E-state index contributed by atoms with van der Waals surface area (Å²) in [6.45, 7) is 0.251. The number of fused-ring (bicyclic) bond motifs is 1. The summed E-state index contributed by atoms with van der Waals surface area (Å²) < 4.78 is 1.78. The standard InChI is InChI=1S/C22H16ClN2O/c23-20-7-3-6-18(13-20)21-10-11-25(15-24-21)14-22(26)19-9-8-16-4-1-2-5-17(16)12-19/h1-13,15H,14H2/q+1. The van der Waals surface area contributed by atoms with Crippen molar-refractivity contribution in [2.75, 3.05) is 0 Å². The van der Waals surface area contributed by atoms with Crippen LogP contribution in [-0.4, -0.2) is 10.8 Å². The first kappa shape index (κ1) is 16.4. The molecule has 1 aromatic heterocycles. The minimum Gasteiger partial charge on any atom is -0.290 e. The first-order chi connectivity index (χ1) is 12.7. The SMILES string of the molecule is O=C(C[n+]1ccc(-c2cccc(Cl)c2)nc1)c1ccc2ccccc2c1. The summed E-state index contributed by atoms with van der Waals surface area (Å²) in [6.07, 6.45) is 3.54. The van der Waals surface area contributed by atoms with Crippen molar-refractivity contribution in [1.29, 1.82) is 0 Å². The highest BCUT2D eigenvalue weighted by molar-refractivity contribution is 6.30. The van der Waals surface area contributed by atoms with E-state index < -0.39 is 0 Å². The third-order valence-corrected chi connectivity index (χ3v) is 4.52. The van der Waals surface area contributed by atoms with Crippen LogP contribution < -0.4 is 4.57 Å². The van der Waals surface area contributed by atoms with E-state index in [-0.39, 0.29) is 12.3 Å². The average molecular weight is 360 g/mol. The molecule has 0 saturated carbocycles. The fourth-order valence-corrected chi connectivity index (χ4v) is 3.11. The summed E-state index contributed by atoms with van der Waals surface area (Å²) in [4.78, 5) is 17.0. The lowest BCUT2D eigenvalue weighted by Gasteiger charge is -2.03. The van der Waals surface area contributed by atoms with Gasteiger partial charge in [-0.05, 0) is 34.0 Å². The van der Waals surface area contributed by atoms with Gasteiger partial charge in [-0.3, -0.25) is 4.79 Å². The molecular formula is C22H16ClN2O+. The van der Waals surface area contributed by atoms with Gasteiger partial charge in [0.15, 0.2) is 12.2 Å². The zero-order valence-electron chi connectivity index (χ0n) is 14.0. The van der Waals surface area contributed by atoms with Gasteiger partial charge < -0.3 is 0 Å². The lowest BCUT2D eigenvalue weighted by molar-refractivity contribution is -0.686. The normalized spacial score (nSPS) is 10.8.